The second-order valence-electron chi connectivity index (χ2n) is 7.86. The third-order valence-corrected chi connectivity index (χ3v) is 6.18. The Kier molecular flexibility index (Phi) is 4.54. The third kappa shape index (κ3) is 2.96. The van der Waals surface area contributed by atoms with Crippen LogP contribution in [0.5, 0.6) is 17.2 Å². The highest BCUT2D eigenvalue weighted by Gasteiger charge is 2.42. The minimum absolute atomic E-state index is 0.293. The van der Waals surface area contributed by atoms with Crippen LogP contribution in [0.4, 0.5) is 5.95 Å². The number of fused-ring (bicyclic) bond motifs is 3. The fraction of sp³-hybridized carbons (Fsp3) is 0.154. The summed E-state index contributed by atoms with van der Waals surface area (Å²) in [5.41, 5.74) is 4.87. The summed E-state index contributed by atoms with van der Waals surface area (Å²) in [7, 11) is 3.36. The standard InChI is InChI=1S/C26H22N4O3/c1-31-19-12-6-4-10-17(19)24-22-23(29-26-27-15-28-30(24)26)16-9-3-8-14-21(16)33-25(22)18-11-5-7-13-20(18)32-2/h3-15,24-25H,1-2H3,(H,27,28,29)/t24-,25+/m0/s1. The van der Waals surface area contributed by atoms with Gasteiger partial charge in [0.2, 0.25) is 5.95 Å². The SMILES string of the molecule is COc1ccccc1[C@H]1C2=C(Nc3ncnn31)c1ccccc1O[C@@H]2c1ccccc1OC. The molecule has 164 valence electrons. The van der Waals surface area contributed by atoms with Crippen molar-refractivity contribution in [2.45, 2.75) is 12.1 Å². The number of rotatable bonds is 4. The van der Waals surface area contributed by atoms with E-state index in [-0.39, 0.29) is 6.04 Å². The van der Waals surface area contributed by atoms with E-state index in [1.54, 1.807) is 20.5 Å². The molecule has 7 nitrogen and oxygen atoms in total. The Morgan fingerprint density at radius 2 is 1.52 bits per heavy atom. The number of hydrogen-bond acceptors (Lipinski definition) is 6. The van der Waals surface area contributed by atoms with E-state index in [4.69, 9.17) is 14.2 Å². The van der Waals surface area contributed by atoms with Crippen LogP contribution < -0.4 is 19.5 Å². The van der Waals surface area contributed by atoms with Gasteiger partial charge in [0.25, 0.3) is 0 Å². The summed E-state index contributed by atoms with van der Waals surface area (Å²) < 4.78 is 20.0. The molecule has 0 spiro atoms. The summed E-state index contributed by atoms with van der Waals surface area (Å²) >= 11 is 0. The van der Waals surface area contributed by atoms with E-state index in [1.165, 1.54) is 0 Å². The average Bonchev–Trinajstić information content (AvgIpc) is 3.35. The third-order valence-electron chi connectivity index (χ3n) is 6.18. The number of ether oxygens (including phenoxy) is 3. The molecule has 0 saturated carbocycles. The van der Waals surface area contributed by atoms with Crippen molar-refractivity contribution in [2.75, 3.05) is 19.5 Å². The zero-order valence-corrected chi connectivity index (χ0v) is 18.2. The quantitative estimate of drug-likeness (QED) is 0.491. The van der Waals surface area contributed by atoms with E-state index in [1.807, 2.05) is 65.3 Å². The Morgan fingerprint density at radius 3 is 2.30 bits per heavy atom. The van der Waals surface area contributed by atoms with Gasteiger partial charge in [-0.1, -0.05) is 48.5 Å². The molecule has 33 heavy (non-hydrogen) atoms. The van der Waals surface area contributed by atoms with Gasteiger partial charge in [0, 0.05) is 22.3 Å². The van der Waals surface area contributed by atoms with Crippen LogP contribution in [0.2, 0.25) is 0 Å². The molecule has 2 aliphatic rings. The molecule has 0 bridgehead atoms. The lowest BCUT2D eigenvalue weighted by molar-refractivity contribution is 0.217. The molecule has 3 aromatic carbocycles. The van der Waals surface area contributed by atoms with E-state index >= 15 is 0 Å². The maximum Gasteiger partial charge on any atom is 0.226 e. The lowest BCUT2D eigenvalue weighted by Crippen LogP contribution is -2.32. The molecule has 3 heterocycles. The van der Waals surface area contributed by atoms with Crippen molar-refractivity contribution >= 4 is 11.6 Å². The van der Waals surface area contributed by atoms with Gasteiger partial charge in [-0.25, -0.2) is 4.68 Å². The summed E-state index contributed by atoms with van der Waals surface area (Å²) in [6.45, 7) is 0. The highest BCUT2D eigenvalue weighted by Crippen LogP contribution is 2.52. The largest absolute Gasteiger partial charge is 0.496 e. The van der Waals surface area contributed by atoms with Crippen molar-refractivity contribution in [3.05, 3.63) is 101 Å². The van der Waals surface area contributed by atoms with Gasteiger partial charge >= 0.3 is 0 Å². The summed E-state index contributed by atoms with van der Waals surface area (Å²) in [5, 5.41) is 8.09. The number of benzene rings is 3. The highest BCUT2D eigenvalue weighted by atomic mass is 16.5. The van der Waals surface area contributed by atoms with Crippen LogP contribution >= 0.6 is 0 Å². The zero-order valence-electron chi connectivity index (χ0n) is 18.2. The molecule has 0 fully saturated rings. The molecule has 2 aliphatic heterocycles. The monoisotopic (exact) mass is 438 g/mol. The van der Waals surface area contributed by atoms with Crippen LogP contribution in [0.3, 0.4) is 0 Å². The summed E-state index contributed by atoms with van der Waals surface area (Å²) in [6.07, 6.45) is 1.15. The maximum atomic E-state index is 6.67. The van der Waals surface area contributed by atoms with E-state index in [0.29, 0.717) is 5.95 Å². The number of methoxy groups -OCH3 is 2. The summed E-state index contributed by atoms with van der Waals surface area (Å²) in [5.74, 6) is 3.00. The maximum absolute atomic E-state index is 6.67. The molecule has 0 aliphatic carbocycles. The van der Waals surface area contributed by atoms with Gasteiger partial charge in [0.05, 0.1) is 19.9 Å². The zero-order chi connectivity index (χ0) is 22.4. The Bertz CT molecular complexity index is 1380. The predicted molar refractivity (Wildman–Crippen MR) is 125 cm³/mol. The molecule has 2 atom stereocenters. The number of para-hydroxylation sites is 3. The fourth-order valence-corrected chi connectivity index (χ4v) is 4.75. The molecule has 0 amide bonds. The minimum Gasteiger partial charge on any atom is -0.496 e. The van der Waals surface area contributed by atoms with Gasteiger partial charge in [-0.15, -0.1) is 0 Å². The Hall–Kier alpha value is -4.26. The average molecular weight is 438 g/mol. The van der Waals surface area contributed by atoms with Crippen LogP contribution in [0, 0.1) is 0 Å². The molecule has 7 heteroatoms. The number of anilines is 1. The molecule has 0 radical (unpaired) electrons. The van der Waals surface area contributed by atoms with Gasteiger partial charge in [-0.2, -0.15) is 10.1 Å². The van der Waals surface area contributed by atoms with Crippen LogP contribution in [0.1, 0.15) is 28.8 Å². The first-order chi connectivity index (χ1) is 16.3. The summed E-state index contributed by atoms with van der Waals surface area (Å²) in [6, 6.07) is 23.7. The molecule has 6 rings (SSSR count). The van der Waals surface area contributed by atoms with Crippen LogP contribution in [-0.2, 0) is 0 Å². The molecule has 0 unspecified atom stereocenters. The van der Waals surface area contributed by atoms with Crippen molar-refractivity contribution in [2.24, 2.45) is 0 Å². The number of nitrogens with zero attached hydrogens (tertiary/aromatic N) is 3. The van der Waals surface area contributed by atoms with E-state index in [9.17, 15) is 0 Å². The number of aromatic nitrogens is 3. The highest BCUT2D eigenvalue weighted by molar-refractivity contribution is 5.85. The van der Waals surface area contributed by atoms with E-state index in [2.05, 4.69) is 27.5 Å². The normalized spacial score (nSPS) is 18.4. The van der Waals surface area contributed by atoms with Crippen molar-refractivity contribution in [1.29, 1.82) is 0 Å². The second kappa shape index (κ2) is 7.70. The molecule has 1 N–H and O–H groups in total. The molecule has 1 aromatic heterocycles. The topological polar surface area (TPSA) is 70.4 Å². The van der Waals surface area contributed by atoms with Gasteiger partial charge in [0.15, 0.2) is 6.10 Å². The van der Waals surface area contributed by atoms with Gasteiger partial charge in [-0.3, -0.25) is 0 Å². The Morgan fingerprint density at radius 1 is 0.848 bits per heavy atom. The smallest absolute Gasteiger partial charge is 0.226 e. The van der Waals surface area contributed by atoms with Crippen LogP contribution in [-0.4, -0.2) is 29.0 Å². The van der Waals surface area contributed by atoms with Crippen LogP contribution in [0.15, 0.2) is 84.7 Å². The lowest BCUT2D eigenvalue weighted by atomic mass is 9.84. The van der Waals surface area contributed by atoms with E-state index in [0.717, 1.165) is 45.2 Å². The van der Waals surface area contributed by atoms with Crippen molar-refractivity contribution in [3.63, 3.8) is 0 Å². The van der Waals surface area contributed by atoms with Gasteiger partial charge < -0.3 is 19.5 Å². The molecule has 0 saturated heterocycles. The minimum atomic E-state index is -0.411. The van der Waals surface area contributed by atoms with Crippen molar-refractivity contribution < 1.29 is 14.2 Å². The fourth-order valence-electron chi connectivity index (χ4n) is 4.75. The first-order valence-corrected chi connectivity index (χ1v) is 10.7. The Labute approximate surface area is 191 Å². The van der Waals surface area contributed by atoms with Crippen molar-refractivity contribution in [3.8, 4) is 17.2 Å². The summed E-state index contributed by atoms with van der Waals surface area (Å²) in [4.78, 5) is 4.48. The Balaban J connectivity index is 1.66. The molecule has 4 aromatic rings. The van der Waals surface area contributed by atoms with Gasteiger partial charge in [-0.05, 0) is 24.3 Å². The van der Waals surface area contributed by atoms with Crippen LogP contribution in [0.25, 0.3) is 5.70 Å². The molecular formula is C26H22N4O3. The predicted octanol–water partition coefficient (Wildman–Crippen LogP) is 4.86. The lowest BCUT2D eigenvalue weighted by Gasteiger charge is -2.39. The van der Waals surface area contributed by atoms with E-state index < -0.39 is 6.10 Å². The second-order valence-corrected chi connectivity index (χ2v) is 7.86. The van der Waals surface area contributed by atoms with Crippen molar-refractivity contribution in [1.82, 2.24) is 14.8 Å². The number of nitrogens with one attached hydrogen (secondary N) is 1. The first-order valence-electron chi connectivity index (χ1n) is 10.7. The first kappa shape index (κ1) is 19.4. The van der Waals surface area contributed by atoms with Gasteiger partial charge in [0.1, 0.15) is 29.6 Å². The molecular weight excluding hydrogens is 416 g/mol. The number of hydrogen-bond donors (Lipinski definition) is 1.